The molecule has 0 aliphatic carbocycles. The number of aromatic nitrogens is 2. The Kier molecular flexibility index (Phi) is 6.59. The smallest absolute Gasteiger partial charge is 0.347 e. The molecule has 0 spiro atoms. The molecular formula is C23H25N3O5. The van der Waals surface area contributed by atoms with Gasteiger partial charge in [0.25, 0.3) is 11.5 Å². The van der Waals surface area contributed by atoms with Gasteiger partial charge in [0.1, 0.15) is 11.4 Å². The zero-order valence-corrected chi connectivity index (χ0v) is 17.9. The minimum absolute atomic E-state index is 0.136. The molecule has 0 unspecified atom stereocenters. The molecular weight excluding hydrogens is 398 g/mol. The summed E-state index contributed by atoms with van der Waals surface area (Å²) in [5.74, 6) is -0.750. The monoisotopic (exact) mass is 423 g/mol. The number of aryl methyl sites for hydroxylation is 1. The molecule has 31 heavy (non-hydrogen) atoms. The van der Waals surface area contributed by atoms with Crippen molar-refractivity contribution in [1.82, 2.24) is 9.36 Å². The van der Waals surface area contributed by atoms with E-state index in [-0.39, 0.29) is 11.2 Å². The first-order valence-electron chi connectivity index (χ1n) is 9.81. The number of para-hydroxylation sites is 1. The van der Waals surface area contributed by atoms with Crippen LogP contribution in [0.1, 0.15) is 18.2 Å². The summed E-state index contributed by atoms with van der Waals surface area (Å²) < 4.78 is 13.7. The van der Waals surface area contributed by atoms with Crippen LogP contribution >= 0.6 is 0 Å². The van der Waals surface area contributed by atoms with Crippen molar-refractivity contribution in [3.63, 3.8) is 0 Å². The maximum absolute atomic E-state index is 12.8. The molecule has 0 aliphatic heterocycles. The lowest BCUT2D eigenvalue weighted by molar-refractivity contribution is -0.153. The van der Waals surface area contributed by atoms with Gasteiger partial charge in [-0.3, -0.25) is 14.3 Å². The Bertz CT molecular complexity index is 1150. The second-order valence-electron chi connectivity index (χ2n) is 7.17. The van der Waals surface area contributed by atoms with E-state index in [4.69, 9.17) is 9.47 Å². The van der Waals surface area contributed by atoms with E-state index in [9.17, 15) is 14.4 Å². The first-order chi connectivity index (χ1) is 14.8. The molecule has 2 aromatic carbocycles. The van der Waals surface area contributed by atoms with Gasteiger partial charge in [0.15, 0.2) is 12.7 Å². The topological polar surface area (TPSA) is 91.6 Å². The number of anilines is 1. The second-order valence-corrected chi connectivity index (χ2v) is 7.17. The third kappa shape index (κ3) is 5.03. The largest absolute Gasteiger partial charge is 0.479 e. The first kappa shape index (κ1) is 21.9. The molecule has 1 amide bonds. The number of nitrogens with zero attached hydrogens (tertiary/aromatic N) is 2. The van der Waals surface area contributed by atoms with Crippen molar-refractivity contribution >= 4 is 17.6 Å². The Hall–Kier alpha value is -3.81. The number of esters is 1. The highest BCUT2D eigenvalue weighted by Gasteiger charge is 2.21. The third-order valence-corrected chi connectivity index (χ3v) is 4.80. The molecule has 162 valence electrons. The number of benzene rings is 2. The zero-order chi connectivity index (χ0) is 22.5. The van der Waals surface area contributed by atoms with E-state index in [2.05, 4.69) is 5.32 Å². The Labute approximate surface area is 180 Å². The minimum atomic E-state index is -0.886. The van der Waals surface area contributed by atoms with Crippen LogP contribution in [0.5, 0.6) is 5.75 Å². The highest BCUT2D eigenvalue weighted by atomic mass is 16.6. The lowest BCUT2D eigenvalue weighted by Crippen LogP contribution is -2.30. The summed E-state index contributed by atoms with van der Waals surface area (Å²) in [6, 6.07) is 16.4. The van der Waals surface area contributed by atoms with Crippen molar-refractivity contribution in [2.45, 2.75) is 26.9 Å². The summed E-state index contributed by atoms with van der Waals surface area (Å²) in [5.41, 5.74) is 2.01. The molecule has 8 nitrogen and oxygen atoms in total. The lowest BCUT2D eigenvalue weighted by atomic mass is 10.2. The van der Waals surface area contributed by atoms with Crippen LogP contribution in [0.3, 0.4) is 0 Å². The fourth-order valence-electron chi connectivity index (χ4n) is 3.08. The van der Waals surface area contributed by atoms with Crippen LogP contribution < -0.4 is 15.6 Å². The van der Waals surface area contributed by atoms with Gasteiger partial charge in [0, 0.05) is 7.05 Å². The number of nitrogens with one attached hydrogen (secondary N) is 1. The van der Waals surface area contributed by atoms with Crippen molar-refractivity contribution in [2.24, 2.45) is 7.05 Å². The van der Waals surface area contributed by atoms with Gasteiger partial charge in [0.05, 0.1) is 11.4 Å². The number of hydrogen-bond donors (Lipinski definition) is 1. The molecule has 1 heterocycles. The highest BCUT2D eigenvalue weighted by Crippen LogP contribution is 2.15. The normalized spacial score (nSPS) is 11.6. The number of rotatable bonds is 7. The number of hydrogen-bond acceptors (Lipinski definition) is 5. The van der Waals surface area contributed by atoms with Crippen LogP contribution in [0.25, 0.3) is 5.69 Å². The van der Waals surface area contributed by atoms with E-state index in [1.807, 2.05) is 37.3 Å². The van der Waals surface area contributed by atoms with Crippen molar-refractivity contribution in [2.75, 3.05) is 11.9 Å². The predicted octanol–water partition coefficient (Wildman–Crippen LogP) is 2.74. The van der Waals surface area contributed by atoms with Crippen LogP contribution in [0.2, 0.25) is 0 Å². The molecule has 1 N–H and O–H groups in total. The summed E-state index contributed by atoms with van der Waals surface area (Å²) in [6.07, 6.45) is -0.886. The number of carbonyl (C=O) groups is 2. The van der Waals surface area contributed by atoms with E-state index < -0.39 is 24.6 Å². The summed E-state index contributed by atoms with van der Waals surface area (Å²) in [4.78, 5) is 37.3. The third-order valence-electron chi connectivity index (χ3n) is 4.80. The van der Waals surface area contributed by atoms with Crippen LogP contribution in [0.15, 0.2) is 59.4 Å². The Morgan fingerprint density at radius 3 is 2.45 bits per heavy atom. The Morgan fingerprint density at radius 1 is 1.06 bits per heavy atom. The summed E-state index contributed by atoms with van der Waals surface area (Å²) in [5, 5.41) is 2.55. The molecule has 1 aromatic heterocycles. The second kappa shape index (κ2) is 9.34. The van der Waals surface area contributed by atoms with Gasteiger partial charge in [-0.2, -0.15) is 0 Å². The summed E-state index contributed by atoms with van der Waals surface area (Å²) >= 11 is 0. The molecule has 0 radical (unpaired) electrons. The Morgan fingerprint density at radius 2 is 1.77 bits per heavy atom. The van der Waals surface area contributed by atoms with Gasteiger partial charge in [-0.25, -0.2) is 9.48 Å². The van der Waals surface area contributed by atoms with Gasteiger partial charge in [0.2, 0.25) is 0 Å². The SMILES string of the molecule is Cc1cccc(O[C@H](C)C(=O)OCC(=O)Nc2c(C)n(C)n(-c3ccccc3)c2=O)c1. The molecule has 3 rings (SSSR count). The minimum Gasteiger partial charge on any atom is -0.479 e. The maximum atomic E-state index is 12.8. The molecule has 1 atom stereocenters. The number of carbonyl (C=O) groups excluding carboxylic acids is 2. The maximum Gasteiger partial charge on any atom is 0.347 e. The van der Waals surface area contributed by atoms with Crippen LogP contribution in [0, 0.1) is 13.8 Å². The zero-order valence-electron chi connectivity index (χ0n) is 17.9. The van der Waals surface area contributed by atoms with Gasteiger partial charge < -0.3 is 14.8 Å². The van der Waals surface area contributed by atoms with Gasteiger partial charge in [-0.1, -0.05) is 30.3 Å². The standard InChI is InChI=1S/C23H25N3O5/c1-15-9-8-12-19(13-15)31-17(3)23(29)30-14-20(27)24-21-16(2)25(4)26(22(21)28)18-10-6-5-7-11-18/h5-13,17H,14H2,1-4H3,(H,24,27)/t17-/m1/s1. The molecule has 8 heteroatoms. The summed E-state index contributed by atoms with van der Waals surface area (Å²) in [6.45, 7) is 4.65. The van der Waals surface area contributed by atoms with Gasteiger partial charge in [-0.15, -0.1) is 0 Å². The van der Waals surface area contributed by atoms with E-state index >= 15 is 0 Å². The molecule has 0 aliphatic rings. The lowest BCUT2D eigenvalue weighted by Gasteiger charge is -2.14. The van der Waals surface area contributed by atoms with Crippen molar-refractivity contribution in [1.29, 1.82) is 0 Å². The first-order valence-corrected chi connectivity index (χ1v) is 9.81. The van der Waals surface area contributed by atoms with Crippen molar-refractivity contribution < 1.29 is 19.1 Å². The van der Waals surface area contributed by atoms with E-state index in [0.29, 0.717) is 17.1 Å². The van der Waals surface area contributed by atoms with E-state index in [1.165, 1.54) is 4.68 Å². The number of amides is 1. The summed E-state index contributed by atoms with van der Waals surface area (Å²) in [7, 11) is 1.73. The highest BCUT2D eigenvalue weighted by molar-refractivity contribution is 5.93. The van der Waals surface area contributed by atoms with Crippen LogP contribution in [-0.4, -0.2) is 34.0 Å². The number of ether oxygens (including phenoxy) is 2. The molecule has 3 aromatic rings. The van der Waals surface area contributed by atoms with E-state index in [0.717, 1.165) is 5.56 Å². The van der Waals surface area contributed by atoms with Crippen LogP contribution in [-0.2, 0) is 21.4 Å². The van der Waals surface area contributed by atoms with Gasteiger partial charge in [-0.05, 0) is 50.6 Å². The van der Waals surface area contributed by atoms with Crippen molar-refractivity contribution in [3.05, 3.63) is 76.2 Å². The van der Waals surface area contributed by atoms with Crippen LogP contribution in [0.4, 0.5) is 5.69 Å². The fraction of sp³-hybridized carbons (Fsp3) is 0.261. The molecule has 0 saturated carbocycles. The van der Waals surface area contributed by atoms with E-state index in [1.54, 1.807) is 49.8 Å². The fourth-order valence-corrected chi connectivity index (χ4v) is 3.08. The quantitative estimate of drug-likeness (QED) is 0.590. The molecule has 0 fully saturated rings. The van der Waals surface area contributed by atoms with Gasteiger partial charge >= 0.3 is 5.97 Å². The molecule has 0 bridgehead atoms. The average molecular weight is 423 g/mol. The Balaban J connectivity index is 1.62. The average Bonchev–Trinajstić information content (AvgIpc) is 2.95. The molecule has 0 saturated heterocycles. The van der Waals surface area contributed by atoms with Crippen molar-refractivity contribution in [3.8, 4) is 11.4 Å². The predicted molar refractivity (Wildman–Crippen MR) is 117 cm³/mol.